The van der Waals surface area contributed by atoms with E-state index in [1.165, 1.54) is 6.08 Å². The number of hydrogen-bond acceptors (Lipinski definition) is 5. The Morgan fingerprint density at radius 1 is 0.971 bits per heavy atom. The van der Waals surface area contributed by atoms with Gasteiger partial charge in [0.2, 0.25) is 5.91 Å². The largest absolute Gasteiger partial charge is 0.335 e. The Hall–Kier alpha value is -3.55. The van der Waals surface area contributed by atoms with E-state index in [0.29, 0.717) is 12.1 Å². The van der Waals surface area contributed by atoms with E-state index in [2.05, 4.69) is 18.7 Å². The van der Waals surface area contributed by atoms with E-state index < -0.39 is 5.91 Å². The van der Waals surface area contributed by atoms with Crippen molar-refractivity contribution in [3.63, 3.8) is 0 Å². The first-order valence-corrected chi connectivity index (χ1v) is 11.3. The van der Waals surface area contributed by atoms with Gasteiger partial charge in [-0.25, -0.2) is 5.48 Å². The molecule has 1 aliphatic rings. The number of nitrogens with one attached hydrogen (secondary N) is 1. The van der Waals surface area contributed by atoms with Crippen LogP contribution in [-0.4, -0.2) is 57.8 Å². The average molecular weight is 462 g/mol. The first kappa shape index (κ1) is 25.1. The van der Waals surface area contributed by atoms with Crippen LogP contribution < -0.4 is 5.48 Å². The summed E-state index contributed by atoms with van der Waals surface area (Å²) in [6.07, 6.45) is 6.11. The highest BCUT2D eigenvalue weighted by atomic mass is 16.5. The van der Waals surface area contributed by atoms with Gasteiger partial charge in [-0.1, -0.05) is 48.5 Å². The minimum absolute atomic E-state index is 0.0836. The van der Waals surface area contributed by atoms with E-state index in [0.717, 1.165) is 29.8 Å². The van der Waals surface area contributed by atoms with Gasteiger partial charge in [0.15, 0.2) is 5.78 Å². The summed E-state index contributed by atoms with van der Waals surface area (Å²) in [7, 11) is 0. The Labute approximate surface area is 200 Å². The lowest BCUT2D eigenvalue weighted by atomic mass is 10.0. The number of amides is 2. The number of allylic oxidation sites excluding steroid dienone is 1. The Balaban J connectivity index is 1.72. The molecular formula is C27H31N3O4. The molecule has 7 heteroatoms. The SMILES string of the molecule is CC(=O)N1[C@H](C)CN(Cc2ccccc2C(=O)C=Cc2cccc(C=CC(=O)NO)c2)C[C@@H]1C. The molecule has 1 heterocycles. The number of benzene rings is 2. The molecule has 1 aliphatic heterocycles. The predicted octanol–water partition coefficient (Wildman–Crippen LogP) is 3.54. The highest BCUT2D eigenvalue weighted by Crippen LogP contribution is 2.20. The third-order valence-corrected chi connectivity index (χ3v) is 5.91. The molecule has 2 N–H and O–H groups in total. The number of ketones is 1. The standard InChI is InChI=1S/C27H31N3O4/c1-19-16-29(17-20(2)30(19)21(3)31)18-24-9-4-5-10-25(24)26(32)13-11-22-7-6-8-23(15-22)12-14-27(33)28-34/h4-15,19-20,34H,16-18H2,1-3H3,(H,28,33)/t19-,20+. The molecule has 2 amide bonds. The Morgan fingerprint density at radius 3 is 2.21 bits per heavy atom. The summed E-state index contributed by atoms with van der Waals surface area (Å²) in [4.78, 5) is 40.4. The van der Waals surface area contributed by atoms with Crippen LogP contribution in [-0.2, 0) is 16.1 Å². The van der Waals surface area contributed by atoms with Gasteiger partial charge in [-0.15, -0.1) is 0 Å². The molecule has 3 rings (SSSR count). The molecule has 0 bridgehead atoms. The van der Waals surface area contributed by atoms with Gasteiger partial charge in [0.1, 0.15) is 0 Å². The number of rotatable bonds is 7. The lowest BCUT2D eigenvalue weighted by molar-refractivity contribution is -0.136. The van der Waals surface area contributed by atoms with E-state index in [1.54, 1.807) is 30.6 Å². The number of nitrogens with zero attached hydrogens (tertiary/aromatic N) is 2. The molecule has 0 aliphatic carbocycles. The average Bonchev–Trinajstić information content (AvgIpc) is 2.81. The van der Waals surface area contributed by atoms with E-state index in [1.807, 2.05) is 53.4 Å². The molecule has 0 saturated carbocycles. The highest BCUT2D eigenvalue weighted by molar-refractivity contribution is 6.07. The predicted molar refractivity (Wildman–Crippen MR) is 132 cm³/mol. The molecule has 0 unspecified atom stereocenters. The molecular weight excluding hydrogens is 430 g/mol. The highest BCUT2D eigenvalue weighted by Gasteiger charge is 2.31. The molecule has 2 aromatic carbocycles. The quantitative estimate of drug-likeness (QED) is 0.285. The second-order valence-corrected chi connectivity index (χ2v) is 8.65. The summed E-state index contributed by atoms with van der Waals surface area (Å²) in [5.74, 6) is -0.601. The fraction of sp³-hybridized carbons (Fsp3) is 0.296. The van der Waals surface area contributed by atoms with Crippen molar-refractivity contribution in [2.24, 2.45) is 0 Å². The second kappa shape index (κ2) is 11.5. The van der Waals surface area contributed by atoms with Crippen LogP contribution in [0.15, 0.2) is 60.7 Å². The summed E-state index contributed by atoms with van der Waals surface area (Å²) < 4.78 is 0. The zero-order valence-corrected chi connectivity index (χ0v) is 19.8. The third-order valence-electron chi connectivity index (χ3n) is 5.91. The topological polar surface area (TPSA) is 90.0 Å². The van der Waals surface area contributed by atoms with Crippen LogP contribution >= 0.6 is 0 Å². The van der Waals surface area contributed by atoms with Crippen LogP contribution in [0.4, 0.5) is 0 Å². The number of carbonyl (C=O) groups is 3. The summed E-state index contributed by atoms with van der Waals surface area (Å²) in [5.41, 5.74) is 4.75. The first-order valence-electron chi connectivity index (χ1n) is 11.3. The smallest absolute Gasteiger partial charge is 0.267 e. The maximum atomic E-state index is 13.0. The van der Waals surface area contributed by atoms with Crippen molar-refractivity contribution >= 4 is 29.7 Å². The van der Waals surface area contributed by atoms with Crippen LogP contribution in [0.3, 0.4) is 0 Å². The molecule has 0 radical (unpaired) electrons. The number of piperazine rings is 1. The molecule has 7 nitrogen and oxygen atoms in total. The van der Waals surface area contributed by atoms with Crippen LogP contribution in [0.25, 0.3) is 12.2 Å². The molecule has 0 spiro atoms. The van der Waals surface area contributed by atoms with Crippen molar-refractivity contribution in [3.8, 4) is 0 Å². The van der Waals surface area contributed by atoms with Gasteiger partial charge in [-0.3, -0.25) is 24.5 Å². The fourth-order valence-corrected chi connectivity index (χ4v) is 4.56. The minimum atomic E-state index is -0.612. The van der Waals surface area contributed by atoms with Crippen molar-refractivity contribution in [2.75, 3.05) is 13.1 Å². The second-order valence-electron chi connectivity index (χ2n) is 8.65. The molecule has 178 valence electrons. The van der Waals surface area contributed by atoms with Gasteiger partial charge < -0.3 is 4.90 Å². The Morgan fingerprint density at radius 2 is 1.59 bits per heavy atom. The van der Waals surface area contributed by atoms with Crippen molar-refractivity contribution in [1.82, 2.24) is 15.3 Å². The molecule has 1 fully saturated rings. The normalized spacial score (nSPS) is 19.0. The van der Waals surface area contributed by atoms with Gasteiger partial charge in [-0.05, 0) is 48.8 Å². The number of hydrogen-bond donors (Lipinski definition) is 2. The van der Waals surface area contributed by atoms with E-state index in [9.17, 15) is 14.4 Å². The lowest BCUT2D eigenvalue weighted by Crippen LogP contribution is -2.57. The van der Waals surface area contributed by atoms with Gasteiger partial charge in [-0.2, -0.15) is 0 Å². The number of carbonyl (C=O) groups excluding carboxylic acids is 3. The zero-order chi connectivity index (χ0) is 24.7. The summed E-state index contributed by atoms with van der Waals surface area (Å²) in [6, 6.07) is 15.2. The minimum Gasteiger partial charge on any atom is -0.335 e. The molecule has 2 aromatic rings. The summed E-state index contributed by atoms with van der Waals surface area (Å²) >= 11 is 0. The van der Waals surface area contributed by atoms with Gasteiger partial charge in [0.05, 0.1) is 0 Å². The van der Waals surface area contributed by atoms with E-state index in [-0.39, 0.29) is 23.8 Å². The number of hydroxylamine groups is 1. The third kappa shape index (κ3) is 6.50. The van der Waals surface area contributed by atoms with Crippen LogP contribution in [0, 0.1) is 0 Å². The fourth-order valence-electron chi connectivity index (χ4n) is 4.56. The molecule has 34 heavy (non-hydrogen) atoms. The van der Waals surface area contributed by atoms with Crippen molar-refractivity contribution < 1.29 is 19.6 Å². The molecule has 1 saturated heterocycles. The Bertz CT molecular complexity index is 1100. The van der Waals surface area contributed by atoms with Gasteiger partial charge >= 0.3 is 0 Å². The van der Waals surface area contributed by atoms with Crippen molar-refractivity contribution in [1.29, 1.82) is 0 Å². The van der Waals surface area contributed by atoms with Crippen molar-refractivity contribution in [3.05, 3.63) is 82.9 Å². The first-order chi connectivity index (χ1) is 16.3. The summed E-state index contributed by atoms with van der Waals surface area (Å²) in [5, 5.41) is 8.59. The summed E-state index contributed by atoms with van der Waals surface area (Å²) in [6.45, 7) is 7.89. The maximum absolute atomic E-state index is 13.0. The van der Waals surface area contributed by atoms with Crippen LogP contribution in [0.2, 0.25) is 0 Å². The maximum Gasteiger partial charge on any atom is 0.267 e. The van der Waals surface area contributed by atoms with Crippen molar-refractivity contribution in [2.45, 2.75) is 39.4 Å². The molecule has 0 aromatic heterocycles. The lowest BCUT2D eigenvalue weighted by Gasteiger charge is -2.44. The monoisotopic (exact) mass is 461 g/mol. The molecule has 2 atom stereocenters. The van der Waals surface area contributed by atoms with E-state index in [4.69, 9.17) is 5.21 Å². The van der Waals surface area contributed by atoms with Crippen LogP contribution in [0.5, 0.6) is 0 Å². The zero-order valence-electron chi connectivity index (χ0n) is 19.8. The van der Waals surface area contributed by atoms with Gasteiger partial charge in [0, 0.05) is 50.3 Å². The van der Waals surface area contributed by atoms with Crippen LogP contribution in [0.1, 0.15) is 47.8 Å². The van der Waals surface area contributed by atoms with E-state index >= 15 is 0 Å². The Kier molecular flexibility index (Phi) is 8.51. The van der Waals surface area contributed by atoms with Gasteiger partial charge in [0.25, 0.3) is 5.91 Å².